The molecule has 2 unspecified atom stereocenters. The molecule has 6 heteroatoms. The lowest BCUT2D eigenvalue weighted by Gasteiger charge is -2.31. The van der Waals surface area contributed by atoms with Crippen LogP contribution in [0.2, 0.25) is 0 Å². The van der Waals surface area contributed by atoms with E-state index in [-0.39, 0.29) is 15.9 Å². The number of hydrogen-bond acceptors (Lipinski definition) is 2. The molecule has 3 aromatic heterocycles. The van der Waals surface area contributed by atoms with Gasteiger partial charge in [-0.05, 0) is 24.8 Å². The van der Waals surface area contributed by atoms with Crippen molar-refractivity contribution in [1.29, 1.82) is 0 Å². The Bertz CT molecular complexity index is 899. The Kier molecular flexibility index (Phi) is 4.60. The number of aromatic nitrogens is 4. The van der Waals surface area contributed by atoms with Crippen molar-refractivity contribution in [3.63, 3.8) is 0 Å². The molecule has 0 bridgehead atoms. The van der Waals surface area contributed by atoms with Gasteiger partial charge in [-0.2, -0.15) is 0 Å². The maximum atomic E-state index is 12.4. The number of alkyl halides is 1. The van der Waals surface area contributed by atoms with Crippen molar-refractivity contribution in [2.45, 2.75) is 57.3 Å². The van der Waals surface area contributed by atoms with E-state index in [9.17, 15) is 4.79 Å². The highest BCUT2D eigenvalue weighted by Crippen LogP contribution is 2.37. The zero-order chi connectivity index (χ0) is 17.5. The molecule has 0 saturated carbocycles. The fourth-order valence-corrected chi connectivity index (χ4v) is 4.21. The third-order valence-electron chi connectivity index (χ3n) is 4.83. The molecular formula is C18H25BrN4O. The molecule has 2 N–H and O–H groups in total. The zero-order valence-electron chi connectivity index (χ0n) is 14.7. The standard InChI is InChI=1S/C18H25BrN4O/c1-5-11(9-18(3,4)19)14(6-2)23-15-12-7-8-20-16(12)21-10-13(15)17(24)22-23/h7-8,10-11,14H,5-6,9H2,1-4H3,(H,20,21)(H,22,24). The molecule has 0 spiro atoms. The fourth-order valence-electron chi connectivity index (χ4n) is 3.80. The maximum absolute atomic E-state index is 12.4. The summed E-state index contributed by atoms with van der Waals surface area (Å²) in [6.07, 6.45) is 6.63. The summed E-state index contributed by atoms with van der Waals surface area (Å²) >= 11 is 3.78. The molecule has 0 aliphatic carbocycles. The first-order valence-electron chi connectivity index (χ1n) is 8.61. The van der Waals surface area contributed by atoms with Crippen LogP contribution in [0.1, 0.15) is 53.0 Å². The minimum absolute atomic E-state index is 0.0630. The van der Waals surface area contributed by atoms with E-state index < -0.39 is 0 Å². The molecule has 3 aromatic rings. The van der Waals surface area contributed by atoms with E-state index in [2.05, 4.69) is 63.4 Å². The van der Waals surface area contributed by atoms with Gasteiger partial charge in [-0.25, -0.2) is 4.98 Å². The highest BCUT2D eigenvalue weighted by Gasteiger charge is 2.28. The Morgan fingerprint density at radius 2 is 2.04 bits per heavy atom. The van der Waals surface area contributed by atoms with Gasteiger partial charge in [0.05, 0.1) is 16.9 Å². The van der Waals surface area contributed by atoms with Crippen LogP contribution in [0.3, 0.4) is 0 Å². The molecule has 0 aliphatic rings. The molecule has 3 heterocycles. The third-order valence-corrected chi connectivity index (χ3v) is 5.16. The molecule has 0 fully saturated rings. The summed E-state index contributed by atoms with van der Waals surface area (Å²) in [4.78, 5) is 19.9. The number of hydrogen-bond donors (Lipinski definition) is 2. The van der Waals surface area contributed by atoms with Crippen LogP contribution in [0.15, 0.2) is 23.3 Å². The minimum atomic E-state index is -0.0630. The molecule has 0 aliphatic heterocycles. The summed E-state index contributed by atoms with van der Waals surface area (Å²) in [5, 5.41) is 4.74. The van der Waals surface area contributed by atoms with Gasteiger partial charge in [-0.3, -0.25) is 14.6 Å². The smallest absolute Gasteiger partial charge is 0.273 e. The van der Waals surface area contributed by atoms with Gasteiger partial charge < -0.3 is 4.98 Å². The summed E-state index contributed by atoms with van der Waals surface area (Å²) < 4.78 is 2.16. The molecule has 130 valence electrons. The number of nitrogens with one attached hydrogen (secondary N) is 2. The second kappa shape index (κ2) is 6.39. The maximum Gasteiger partial charge on any atom is 0.273 e. The van der Waals surface area contributed by atoms with Crippen LogP contribution in [-0.4, -0.2) is 24.1 Å². The van der Waals surface area contributed by atoms with Gasteiger partial charge in [0.1, 0.15) is 5.65 Å². The monoisotopic (exact) mass is 392 g/mol. The molecule has 3 rings (SSSR count). The fraction of sp³-hybridized carbons (Fsp3) is 0.556. The first kappa shape index (κ1) is 17.3. The zero-order valence-corrected chi connectivity index (χ0v) is 16.3. The summed E-state index contributed by atoms with van der Waals surface area (Å²) in [6.45, 7) is 8.82. The van der Waals surface area contributed by atoms with E-state index in [1.165, 1.54) is 0 Å². The Labute approximate surface area is 150 Å². The lowest BCUT2D eigenvalue weighted by atomic mass is 9.87. The van der Waals surface area contributed by atoms with Crippen LogP contribution in [0.4, 0.5) is 0 Å². The van der Waals surface area contributed by atoms with Crippen LogP contribution in [0.25, 0.3) is 21.9 Å². The van der Waals surface area contributed by atoms with Gasteiger partial charge in [0, 0.05) is 22.1 Å². The van der Waals surface area contributed by atoms with Crippen molar-refractivity contribution in [3.05, 3.63) is 28.8 Å². The number of aromatic amines is 2. The first-order valence-corrected chi connectivity index (χ1v) is 9.40. The quantitative estimate of drug-likeness (QED) is 0.594. The van der Waals surface area contributed by atoms with Crippen molar-refractivity contribution < 1.29 is 0 Å². The number of rotatable bonds is 6. The lowest BCUT2D eigenvalue weighted by molar-refractivity contribution is 0.265. The molecule has 2 atom stereocenters. The largest absolute Gasteiger partial charge is 0.346 e. The normalized spacial score (nSPS) is 15.2. The summed E-state index contributed by atoms with van der Waals surface area (Å²) in [5.74, 6) is 0.470. The van der Waals surface area contributed by atoms with Crippen LogP contribution < -0.4 is 5.56 Å². The molecule has 0 aromatic carbocycles. The van der Waals surface area contributed by atoms with Gasteiger partial charge in [-0.1, -0.05) is 50.0 Å². The van der Waals surface area contributed by atoms with E-state index in [4.69, 9.17) is 0 Å². The van der Waals surface area contributed by atoms with Gasteiger partial charge >= 0.3 is 0 Å². The van der Waals surface area contributed by atoms with Crippen molar-refractivity contribution in [1.82, 2.24) is 19.7 Å². The summed E-state index contributed by atoms with van der Waals surface area (Å²) in [7, 11) is 0. The number of fused-ring (bicyclic) bond motifs is 3. The van der Waals surface area contributed by atoms with Crippen molar-refractivity contribution in [2.24, 2.45) is 5.92 Å². The number of pyridine rings is 1. The Morgan fingerprint density at radius 3 is 2.67 bits per heavy atom. The number of nitrogens with zero attached hydrogens (tertiary/aromatic N) is 2. The van der Waals surface area contributed by atoms with Gasteiger partial charge in [-0.15, -0.1) is 0 Å². The lowest BCUT2D eigenvalue weighted by Crippen LogP contribution is -2.26. The van der Waals surface area contributed by atoms with E-state index in [0.717, 1.165) is 35.8 Å². The number of H-pyrrole nitrogens is 2. The Hall–Kier alpha value is -1.56. The van der Waals surface area contributed by atoms with Gasteiger partial charge in [0.15, 0.2) is 0 Å². The summed E-state index contributed by atoms with van der Waals surface area (Å²) in [6, 6.07) is 2.24. The van der Waals surface area contributed by atoms with Gasteiger partial charge in [0.25, 0.3) is 5.56 Å². The molecule has 0 radical (unpaired) electrons. The molecule has 0 amide bonds. The number of halogens is 1. The van der Waals surface area contributed by atoms with E-state index in [1.807, 2.05) is 12.3 Å². The van der Waals surface area contributed by atoms with Crippen molar-refractivity contribution in [2.75, 3.05) is 0 Å². The second-order valence-electron chi connectivity index (χ2n) is 7.14. The highest BCUT2D eigenvalue weighted by atomic mass is 79.9. The van der Waals surface area contributed by atoms with E-state index in [1.54, 1.807) is 6.20 Å². The van der Waals surface area contributed by atoms with Crippen LogP contribution in [-0.2, 0) is 0 Å². The predicted octanol–water partition coefficient (Wildman–Crippen LogP) is 4.75. The van der Waals surface area contributed by atoms with E-state index >= 15 is 0 Å². The Morgan fingerprint density at radius 1 is 1.29 bits per heavy atom. The van der Waals surface area contributed by atoms with Crippen LogP contribution in [0, 0.1) is 5.92 Å². The van der Waals surface area contributed by atoms with Crippen molar-refractivity contribution >= 4 is 37.9 Å². The summed E-state index contributed by atoms with van der Waals surface area (Å²) in [5.41, 5.74) is 1.72. The van der Waals surface area contributed by atoms with Crippen LogP contribution in [0.5, 0.6) is 0 Å². The third kappa shape index (κ3) is 3.04. The molecular weight excluding hydrogens is 368 g/mol. The minimum Gasteiger partial charge on any atom is -0.346 e. The first-order chi connectivity index (χ1) is 11.4. The predicted molar refractivity (Wildman–Crippen MR) is 103 cm³/mol. The molecule has 5 nitrogen and oxygen atoms in total. The second-order valence-corrected chi connectivity index (χ2v) is 9.28. The topological polar surface area (TPSA) is 66.5 Å². The average Bonchev–Trinajstić information content (AvgIpc) is 3.10. The highest BCUT2D eigenvalue weighted by molar-refractivity contribution is 9.10. The van der Waals surface area contributed by atoms with Gasteiger partial charge in [0.2, 0.25) is 0 Å². The average molecular weight is 393 g/mol. The van der Waals surface area contributed by atoms with Crippen molar-refractivity contribution in [3.8, 4) is 0 Å². The molecule has 24 heavy (non-hydrogen) atoms. The van der Waals surface area contributed by atoms with E-state index in [0.29, 0.717) is 11.3 Å². The molecule has 0 saturated heterocycles. The Balaban J connectivity index is 2.18. The van der Waals surface area contributed by atoms with Crippen LogP contribution >= 0.6 is 15.9 Å². The SMILES string of the molecule is CCC(CC(C)(C)Br)C(CC)n1[nH]c(=O)c2cnc3[nH]ccc3c21.